The number of hydrogen-bond donors (Lipinski definition) is 1. The lowest BCUT2D eigenvalue weighted by molar-refractivity contribution is 1.11. The van der Waals surface area contributed by atoms with Gasteiger partial charge in [-0.1, -0.05) is 18.2 Å². The zero-order valence-corrected chi connectivity index (χ0v) is 10.9. The molecule has 92 valence electrons. The number of benzene rings is 1. The molecule has 3 nitrogen and oxygen atoms in total. The van der Waals surface area contributed by atoms with Gasteiger partial charge in [0.05, 0.1) is 5.52 Å². The zero-order valence-electron chi connectivity index (χ0n) is 10.1. The van der Waals surface area contributed by atoms with Gasteiger partial charge in [0.2, 0.25) is 0 Å². The number of aromatic nitrogens is 1. The van der Waals surface area contributed by atoms with E-state index >= 15 is 0 Å². The fraction of sp³-hybridized carbons (Fsp3) is 0.0667. The van der Waals surface area contributed by atoms with Crippen LogP contribution in [0.3, 0.4) is 0 Å². The van der Waals surface area contributed by atoms with Crippen LogP contribution >= 0.6 is 11.3 Å². The Bertz CT molecular complexity index is 783. The number of thiophene rings is 1. The Morgan fingerprint density at radius 2 is 2.05 bits per heavy atom. The molecule has 0 amide bonds. The molecular weight excluding hydrogens is 254 g/mol. The molecule has 3 rings (SSSR count). The summed E-state index contributed by atoms with van der Waals surface area (Å²) in [7, 11) is 0. The van der Waals surface area contributed by atoms with E-state index in [4.69, 9.17) is 5.73 Å². The van der Waals surface area contributed by atoms with Gasteiger partial charge >= 0.3 is 0 Å². The van der Waals surface area contributed by atoms with Crippen molar-refractivity contribution in [1.29, 1.82) is 5.26 Å². The number of hydrogen-bond acceptors (Lipinski definition) is 4. The van der Waals surface area contributed by atoms with Gasteiger partial charge in [-0.25, -0.2) is 4.98 Å². The predicted octanol–water partition coefficient (Wildman–Crippen LogP) is 3.29. The van der Waals surface area contributed by atoms with E-state index in [-0.39, 0.29) is 0 Å². The van der Waals surface area contributed by atoms with Crippen LogP contribution in [0.1, 0.15) is 10.6 Å². The van der Waals surface area contributed by atoms with E-state index in [1.807, 2.05) is 41.8 Å². The molecule has 0 unspecified atom stereocenters. The average Bonchev–Trinajstić information content (AvgIpc) is 2.94. The van der Waals surface area contributed by atoms with Crippen molar-refractivity contribution >= 4 is 22.2 Å². The maximum Gasteiger partial charge on any atom is 0.149 e. The SMILES string of the molecule is N#Cc1nc2ccccc2cc1-c1ccsc1CN. The van der Waals surface area contributed by atoms with Gasteiger partial charge in [-0.05, 0) is 29.1 Å². The monoisotopic (exact) mass is 265 g/mol. The van der Waals surface area contributed by atoms with Crippen LogP contribution in [-0.4, -0.2) is 4.98 Å². The van der Waals surface area contributed by atoms with E-state index in [0.717, 1.165) is 26.9 Å². The Kier molecular flexibility index (Phi) is 3.00. The molecule has 1 aromatic carbocycles. The van der Waals surface area contributed by atoms with Crippen molar-refractivity contribution in [3.05, 3.63) is 52.3 Å². The number of rotatable bonds is 2. The maximum atomic E-state index is 9.30. The van der Waals surface area contributed by atoms with Gasteiger partial charge < -0.3 is 5.73 Å². The molecule has 19 heavy (non-hydrogen) atoms. The van der Waals surface area contributed by atoms with E-state index in [2.05, 4.69) is 11.1 Å². The number of nitrogens with zero attached hydrogens (tertiary/aromatic N) is 2. The summed E-state index contributed by atoms with van der Waals surface area (Å²) >= 11 is 1.61. The topological polar surface area (TPSA) is 62.7 Å². The lowest BCUT2D eigenvalue weighted by Crippen LogP contribution is -1.97. The highest BCUT2D eigenvalue weighted by Gasteiger charge is 2.12. The Hall–Kier alpha value is -2.22. The molecule has 0 fully saturated rings. The Labute approximate surface area is 114 Å². The molecule has 3 aromatic rings. The van der Waals surface area contributed by atoms with Crippen LogP contribution in [0.15, 0.2) is 41.8 Å². The highest BCUT2D eigenvalue weighted by atomic mass is 32.1. The summed E-state index contributed by atoms with van der Waals surface area (Å²) in [4.78, 5) is 5.51. The molecule has 0 saturated heterocycles. The van der Waals surface area contributed by atoms with Crippen LogP contribution in [0.4, 0.5) is 0 Å². The molecule has 0 aliphatic carbocycles. The third-order valence-corrected chi connectivity index (χ3v) is 3.99. The summed E-state index contributed by atoms with van der Waals surface area (Å²) in [5.74, 6) is 0. The summed E-state index contributed by atoms with van der Waals surface area (Å²) < 4.78 is 0. The Balaban J connectivity index is 2.31. The fourth-order valence-corrected chi connectivity index (χ4v) is 2.91. The summed E-state index contributed by atoms with van der Waals surface area (Å²) in [5, 5.41) is 12.3. The van der Waals surface area contributed by atoms with Crippen molar-refractivity contribution in [2.24, 2.45) is 5.73 Å². The second-order valence-electron chi connectivity index (χ2n) is 4.15. The van der Waals surface area contributed by atoms with Crippen molar-refractivity contribution < 1.29 is 0 Å². The van der Waals surface area contributed by atoms with Gasteiger partial charge in [-0.3, -0.25) is 0 Å². The first kappa shape index (κ1) is 11.8. The maximum absolute atomic E-state index is 9.30. The normalized spacial score (nSPS) is 10.5. The lowest BCUT2D eigenvalue weighted by atomic mass is 10.0. The lowest BCUT2D eigenvalue weighted by Gasteiger charge is -2.06. The van der Waals surface area contributed by atoms with Crippen molar-refractivity contribution in [3.8, 4) is 17.2 Å². The van der Waals surface area contributed by atoms with Gasteiger partial charge in [0.25, 0.3) is 0 Å². The molecule has 0 aliphatic rings. The Morgan fingerprint density at radius 1 is 1.21 bits per heavy atom. The number of para-hydroxylation sites is 1. The van der Waals surface area contributed by atoms with Gasteiger partial charge in [0, 0.05) is 22.4 Å². The largest absolute Gasteiger partial charge is 0.326 e. The first-order valence-electron chi connectivity index (χ1n) is 5.90. The highest BCUT2D eigenvalue weighted by molar-refractivity contribution is 7.10. The van der Waals surface area contributed by atoms with E-state index in [1.54, 1.807) is 11.3 Å². The van der Waals surface area contributed by atoms with Crippen LogP contribution in [0.2, 0.25) is 0 Å². The molecule has 2 aromatic heterocycles. The second kappa shape index (κ2) is 4.81. The second-order valence-corrected chi connectivity index (χ2v) is 5.15. The molecule has 0 spiro atoms. The quantitative estimate of drug-likeness (QED) is 0.773. The van der Waals surface area contributed by atoms with Crippen molar-refractivity contribution in [3.63, 3.8) is 0 Å². The van der Waals surface area contributed by atoms with Crippen LogP contribution in [0.25, 0.3) is 22.0 Å². The minimum Gasteiger partial charge on any atom is -0.326 e. The minimum atomic E-state index is 0.451. The van der Waals surface area contributed by atoms with Gasteiger partial charge in [-0.2, -0.15) is 5.26 Å². The number of fused-ring (bicyclic) bond motifs is 1. The third kappa shape index (κ3) is 1.99. The molecule has 0 atom stereocenters. The van der Waals surface area contributed by atoms with E-state index in [0.29, 0.717) is 12.2 Å². The summed E-state index contributed by atoms with van der Waals surface area (Å²) in [6.45, 7) is 0.477. The molecule has 0 aliphatic heterocycles. The third-order valence-electron chi connectivity index (χ3n) is 3.05. The number of nitrogens with two attached hydrogens (primary N) is 1. The first-order valence-corrected chi connectivity index (χ1v) is 6.78. The molecule has 4 heteroatoms. The van der Waals surface area contributed by atoms with Crippen molar-refractivity contribution in [2.75, 3.05) is 0 Å². The standard InChI is InChI=1S/C15H11N3S/c16-8-14-12(11-5-6-19-15(11)9-17)7-10-3-1-2-4-13(10)18-14/h1-7H,9,17H2. The van der Waals surface area contributed by atoms with Crippen molar-refractivity contribution in [1.82, 2.24) is 4.98 Å². The van der Waals surface area contributed by atoms with Gasteiger partial charge in [0.15, 0.2) is 0 Å². The fourth-order valence-electron chi connectivity index (χ4n) is 2.15. The first-order chi connectivity index (χ1) is 9.33. The van der Waals surface area contributed by atoms with Crippen LogP contribution in [0.5, 0.6) is 0 Å². The van der Waals surface area contributed by atoms with E-state index in [1.165, 1.54) is 0 Å². The van der Waals surface area contributed by atoms with Crippen LogP contribution in [0, 0.1) is 11.3 Å². The van der Waals surface area contributed by atoms with E-state index < -0.39 is 0 Å². The molecule has 0 radical (unpaired) electrons. The smallest absolute Gasteiger partial charge is 0.149 e. The summed E-state index contributed by atoms with van der Waals surface area (Å²) in [6, 6.07) is 14.0. The zero-order chi connectivity index (χ0) is 13.2. The molecular formula is C15H11N3S. The van der Waals surface area contributed by atoms with Crippen LogP contribution < -0.4 is 5.73 Å². The summed E-state index contributed by atoms with van der Waals surface area (Å²) in [6.07, 6.45) is 0. The predicted molar refractivity (Wildman–Crippen MR) is 77.7 cm³/mol. The van der Waals surface area contributed by atoms with Gasteiger partial charge in [0.1, 0.15) is 11.8 Å². The number of nitriles is 1. The Morgan fingerprint density at radius 3 is 2.84 bits per heavy atom. The minimum absolute atomic E-state index is 0.451. The molecule has 2 heterocycles. The van der Waals surface area contributed by atoms with Crippen LogP contribution in [-0.2, 0) is 6.54 Å². The van der Waals surface area contributed by atoms with Gasteiger partial charge in [-0.15, -0.1) is 11.3 Å². The highest BCUT2D eigenvalue weighted by Crippen LogP contribution is 2.31. The molecule has 2 N–H and O–H groups in total. The number of pyridine rings is 1. The summed E-state index contributed by atoms with van der Waals surface area (Å²) in [5.41, 5.74) is 8.91. The molecule has 0 bridgehead atoms. The average molecular weight is 265 g/mol. The van der Waals surface area contributed by atoms with Crippen molar-refractivity contribution in [2.45, 2.75) is 6.54 Å². The van der Waals surface area contributed by atoms with E-state index in [9.17, 15) is 5.26 Å². The molecule has 0 saturated carbocycles.